The Morgan fingerprint density at radius 2 is 1.68 bits per heavy atom. The second-order valence-electron chi connectivity index (χ2n) is 9.37. The number of rotatable bonds is 6. The number of amides is 2. The normalized spacial score (nSPS) is 14.9. The summed E-state index contributed by atoms with van der Waals surface area (Å²) >= 11 is 1.32. The number of carbonyl (C=O) groups is 3. The molecule has 0 saturated carbocycles. The van der Waals surface area contributed by atoms with E-state index in [9.17, 15) is 14.4 Å². The van der Waals surface area contributed by atoms with E-state index in [1.807, 2.05) is 31.2 Å². The van der Waals surface area contributed by atoms with Crippen molar-refractivity contribution < 1.29 is 23.9 Å². The molecule has 0 spiro atoms. The summed E-state index contributed by atoms with van der Waals surface area (Å²) < 4.78 is 10.9. The number of benzene rings is 1. The van der Waals surface area contributed by atoms with Crippen LogP contribution in [0, 0.1) is 19.3 Å². The van der Waals surface area contributed by atoms with Crippen LogP contribution in [0.5, 0.6) is 0 Å². The van der Waals surface area contributed by atoms with Crippen LogP contribution >= 0.6 is 11.3 Å². The number of hydrogen-bond acceptors (Lipinski definition) is 7. The van der Waals surface area contributed by atoms with Gasteiger partial charge in [-0.15, -0.1) is 11.3 Å². The summed E-state index contributed by atoms with van der Waals surface area (Å²) in [6.45, 7) is 13.7. The molecule has 1 aromatic heterocycles. The summed E-state index contributed by atoms with van der Waals surface area (Å²) in [6.07, 6.45) is -1.02. The average molecular weight is 488 g/mol. The van der Waals surface area contributed by atoms with Gasteiger partial charge in [0.25, 0.3) is 5.91 Å². The minimum atomic E-state index is -1.02. The van der Waals surface area contributed by atoms with Crippen LogP contribution in [0.1, 0.15) is 48.5 Å². The molecule has 9 heteroatoms. The Balaban J connectivity index is 1.64. The van der Waals surface area contributed by atoms with Crippen LogP contribution in [0.15, 0.2) is 24.3 Å². The number of hydrogen-bond donors (Lipinski definition) is 2. The van der Waals surface area contributed by atoms with Crippen molar-refractivity contribution in [3.63, 3.8) is 0 Å². The lowest BCUT2D eigenvalue weighted by molar-refractivity contribution is -0.124. The molecule has 1 aliphatic rings. The minimum Gasteiger partial charge on any atom is -0.449 e. The molecule has 184 valence electrons. The van der Waals surface area contributed by atoms with Crippen molar-refractivity contribution in [3.05, 3.63) is 40.3 Å². The van der Waals surface area contributed by atoms with Gasteiger partial charge in [-0.25, -0.2) is 4.79 Å². The molecule has 0 unspecified atom stereocenters. The Morgan fingerprint density at radius 1 is 1.06 bits per heavy atom. The fourth-order valence-corrected chi connectivity index (χ4v) is 4.39. The first-order valence-electron chi connectivity index (χ1n) is 11.3. The maximum atomic E-state index is 13.0. The molecular weight excluding hydrogens is 454 g/mol. The first kappa shape index (κ1) is 25.7. The third-order valence-electron chi connectivity index (χ3n) is 5.66. The summed E-state index contributed by atoms with van der Waals surface area (Å²) in [6, 6.07) is 7.53. The van der Waals surface area contributed by atoms with Crippen LogP contribution in [0.4, 0.5) is 16.4 Å². The lowest BCUT2D eigenvalue weighted by atomic mass is 9.96. The summed E-state index contributed by atoms with van der Waals surface area (Å²) in [5.74, 6) is -1.28. The third-order valence-corrected chi connectivity index (χ3v) is 6.78. The zero-order chi connectivity index (χ0) is 25.0. The van der Waals surface area contributed by atoms with Gasteiger partial charge in [-0.05, 0) is 50.6 Å². The molecule has 2 aromatic rings. The van der Waals surface area contributed by atoms with Gasteiger partial charge in [0.1, 0.15) is 5.00 Å². The van der Waals surface area contributed by atoms with Crippen molar-refractivity contribution in [1.29, 1.82) is 0 Å². The van der Waals surface area contributed by atoms with Crippen LogP contribution < -0.4 is 15.5 Å². The second-order valence-corrected chi connectivity index (χ2v) is 10.6. The SMILES string of the molecule is Cc1sc(NC(=O)C(C)(C)C)c(C(=O)O[C@@H](C)C(=O)Nc2ccc(N3CCOCC3)cc2)c1C. The highest BCUT2D eigenvalue weighted by Gasteiger charge is 2.28. The molecule has 1 atom stereocenters. The number of ether oxygens (including phenoxy) is 2. The molecule has 1 fully saturated rings. The molecule has 2 N–H and O–H groups in total. The van der Waals surface area contributed by atoms with Crippen molar-refractivity contribution >= 4 is 45.5 Å². The van der Waals surface area contributed by atoms with E-state index in [-0.39, 0.29) is 11.5 Å². The van der Waals surface area contributed by atoms with E-state index in [1.165, 1.54) is 18.3 Å². The van der Waals surface area contributed by atoms with Gasteiger partial charge < -0.3 is 25.0 Å². The highest BCUT2D eigenvalue weighted by Crippen LogP contribution is 2.34. The lowest BCUT2D eigenvalue weighted by Gasteiger charge is -2.28. The van der Waals surface area contributed by atoms with Crippen LogP contribution in [-0.2, 0) is 19.1 Å². The number of anilines is 3. The number of nitrogens with zero attached hydrogens (tertiary/aromatic N) is 1. The Bertz CT molecular complexity index is 1050. The molecule has 34 heavy (non-hydrogen) atoms. The topological polar surface area (TPSA) is 97.0 Å². The first-order valence-corrected chi connectivity index (χ1v) is 12.1. The van der Waals surface area contributed by atoms with Gasteiger partial charge in [0.05, 0.1) is 18.8 Å². The molecule has 2 heterocycles. The fraction of sp³-hybridized carbons (Fsp3) is 0.480. The maximum absolute atomic E-state index is 13.0. The van der Waals surface area contributed by atoms with Gasteiger partial charge in [0.2, 0.25) is 5.91 Å². The summed E-state index contributed by atoms with van der Waals surface area (Å²) in [4.78, 5) is 41.2. The fourth-order valence-electron chi connectivity index (χ4n) is 3.35. The zero-order valence-corrected chi connectivity index (χ0v) is 21.4. The van der Waals surface area contributed by atoms with Gasteiger partial charge in [0.15, 0.2) is 6.10 Å². The van der Waals surface area contributed by atoms with Gasteiger partial charge in [-0.1, -0.05) is 20.8 Å². The Labute approximate surface area is 204 Å². The van der Waals surface area contributed by atoms with Crippen LogP contribution in [0.3, 0.4) is 0 Å². The van der Waals surface area contributed by atoms with E-state index >= 15 is 0 Å². The van der Waals surface area contributed by atoms with E-state index < -0.39 is 23.4 Å². The van der Waals surface area contributed by atoms with Gasteiger partial charge >= 0.3 is 5.97 Å². The monoisotopic (exact) mass is 487 g/mol. The highest BCUT2D eigenvalue weighted by atomic mass is 32.1. The number of morpholine rings is 1. The molecule has 0 aliphatic carbocycles. The lowest BCUT2D eigenvalue weighted by Crippen LogP contribution is -2.36. The quantitative estimate of drug-likeness (QED) is 0.588. The van der Waals surface area contributed by atoms with E-state index in [4.69, 9.17) is 9.47 Å². The number of aryl methyl sites for hydroxylation is 1. The van der Waals surface area contributed by atoms with Crippen LogP contribution in [0.25, 0.3) is 0 Å². The summed E-state index contributed by atoms with van der Waals surface area (Å²) in [5.41, 5.74) is 2.08. The predicted octanol–water partition coefficient (Wildman–Crippen LogP) is 4.37. The van der Waals surface area contributed by atoms with E-state index in [0.29, 0.717) is 23.9 Å². The van der Waals surface area contributed by atoms with Crippen molar-refractivity contribution in [1.82, 2.24) is 0 Å². The third kappa shape index (κ3) is 6.15. The summed E-state index contributed by atoms with van der Waals surface area (Å²) in [7, 11) is 0. The van der Waals surface area contributed by atoms with Gasteiger partial charge in [-0.3, -0.25) is 9.59 Å². The predicted molar refractivity (Wildman–Crippen MR) is 135 cm³/mol. The average Bonchev–Trinajstić information content (AvgIpc) is 3.07. The van der Waals surface area contributed by atoms with Crippen molar-refractivity contribution in [3.8, 4) is 0 Å². The van der Waals surface area contributed by atoms with Crippen molar-refractivity contribution in [2.24, 2.45) is 5.41 Å². The number of nitrogens with one attached hydrogen (secondary N) is 2. The maximum Gasteiger partial charge on any atom is 0.342 e. The van der Waals surface area contributed by atoms with E-state index in [0.717, 1.165) is 29.2 Å². The highest BCUT2D eigenvalue weighted by molar-refractivity contribution is 7.16. The molecule has 1 aromatic carbocycles. The number of carbonyl (C=O) groups excluding carboxylic acids is 3. The second kappa shape index (κ2) is 10.6. The standard InChI is InChI=1S/C25H33N3O5S/c1-15-17(3)34-22(27-24(31)25(4,5)6)20(15)23(30)33-16(2)21(29)26-18-7-9-19(10-8-18)28-11-13-32-14-12-28/h7-10,16H,11-14H2,1-6H3,(H,26,29)(H,27,31)/t16-/m0/s1. The summed E-state index contributed by atoms with van der Waals surface area (Å²) in [5, 5.41) is 6.06. The zero-order valence-electron chi connectivity index (χ0n) is 20.6. The Kier molecular flexibility index (Phi) is 7.99. The Morgan fingerprint density at radius 3 is 2.26 bits per heavy atom. The van der Waals surface area contributed by atoms with Crippen molar-refractivity contribution in [2.75, 3.05) is 41.8 Å². The Hall–Kier alpha value is -2.91. The molecule has 1 aliphatic heterocycles. The van der Waals surface area contributed by atoms with Crippen LogP contribution in [-0.4, -0.2) is 50.2 Å². The first-order chi connectivity index (χ1) is 16.0. The smallest absolute Gasteiger partial charge is 0.342 e. The minimum absolute atomic E-state index is 0.200. The van der Waals surface area contributed by atoms with Gasteiger partial charge in [-0.2, -0.15) is 0 Å². The largest absolute Gasteiger partial charge is 0.449 e. The molecule has 0 bridgehead atoms. The van der Waals surface area contributed by atoms with Crippen LogP contribution in [0.2, 0.25) is 0 Å². The number of thiophene rings is 1. The molecule has 0 radical (unpaired) electrons. The molecule has 2 amide bonds. The van der Waals surface area contributed by atoms with Crippen molar-refractivity contribution in [2.45, 2.75) is 47.6 Å². The van der Waals surface area contributed by atoms with E-state index in [1.54, 1.807) is 27.7 Å². The molecule has 3 rings (SSSR count). The molecule has 1 saturated heterocycles. The van der Waals surface area contributed by atoms with E-state index in [2.05, 4.69) is 15.5 Å². The van der Waals surface area contributed by atoms with Gasteiger partial charge in [0, 0.05) is 34.8 Å². The molecular formula is C25H33N3O5S. The molecule has 8 nitrogen and oxygen atoms in total. The number of esters is 1.